The summed E-state index contributed by atoms with van der Waals surface area (Å²) >= 11 is 0. The van der Waals surface area contributed by atoms with E-state index in [0.29, 0.717) is 11.1 Å². The predicted molar refractivity (Wildman–Crippen MR) is 73.2 cm³/mol. The van der Waals surface area contributed by atoms with E-state index in [9.17, 15) is 8.78 Å². The van der Waals surface area contributed by atoms with E-state index in [1.54, 1.807) is 25.2 Å². The van der Waals surface area contributed by atoms with E-state index in [1.165, 1.54) is 12.1 Å². The second kappa shape index (κ2) is 5.49. The number of benzene rings is 2. The molecule has 0 saturated carbocycles. The first kappa shape index (κ1) is 13.7. The Balaban J connectivity index is 2.52. The summed E-state index contributed by atoms with van der Waals surface area (Å²) < 4.78 is 28.0. The van der Waals surface area contributed by atoms with Crippen molar-refractivity contribution in [1.82, 2.24) is 5.32 Å². The fourth-order valence-corrected chi connectivity index (χ4v) is 2.23. The van der Waals surface area contributed by atoms with Crippen molar-refractivity contribution in [2.24, 2.45) is 0 Å². The molecule has 0 aliphatic heterocycles. The molecule has 0 heterocycles. The largest absolute Gasteiger partial charge is 0.309 e. The molecule has 1 atom stereocenters. The summed E-state index contributed by atoms with van der Waals surface area (Å²) in [5, 5.41) is 2.98. The molecule has 0 aliphatic rings. The van der Waals surface area contributed by atoms with Gasteiger partial charge in [-0.1, -0.05) is 29.8 Å². The van der Waals surface area contributed by atoms with Crippen molar-refractivity contribution in [2.75, 3.05) is 7.05 Å². The minimum Gasteiger partial charge on any atom is -0.309 e. The van der Waals surface area contributed by atoms with E-state index in [2.05, 4.69) is 5.32 Å². The molecule has 2 aromatic carbocycles. The van der Waals surface area contributed by atoms with Crippen LogP contribution in [0.25, 0.3) is 0 Å². The maximum atomic E-state index is 14.0. The van der Waals surface area contributed by atoms with Gasteiger partial charge >= 0.3 is 0 Å². The van der Waals surface area contributed by atoms with Crippen molar-refractivity contribution < 1.29 is 8.78 Å². The number of nitrogens with one attached hydrogen (secondary N) is 1. The van der Waals surface area contributed by atoms with Crippen LogP contribution < -0.4 is 5.32 Å². The van der Waals surface area contributed by atoms with Gasteiger partial charge in [0.05, 0.1) is 6.04 Å². The van der Waals surface area contributed by atoms with Crippen molar-refractivity contribution in [2.45, 2.75) is 19.9 Å². The van der Waals surface area contributed by atoms with E-state index in [1.807, 2.05) is 19.9 Å². The molecule has 1 unspecified atom stereocenters. The lowest BCUT2D eigenvalue weighted by molar-refractivity contribution is 0.546. The molecule has 0 saturated heterocycles. The molecule has 0 aliphatic carbocycles. The molecule has 0 spiro atoms. The third-order valence-corrected chi connectivity index (χ3v) is 3.22. The molecule has 19 heavy (non-hydrogen) atoms. The number of halogens is 2. The van der Waals surface area contributed by atoms with Gasteiger partial charge in [-0.05, 0) is 38.6 Å². The van der Waals surface area contributed by atoms with Crippen molar-refractivity contribution >= 4 is 0 Å². The van der Waals surface area contributed by atoms with Crippen molar-refractivity contribution in [3.05, 3.63) is 70.3 Å². The predicted octanol–water partition coefficient (Wildman–Crippen LogP) is 3.89. The summed E-state index contributed by atoms with van der Waals surface area (Å²) in [6.45, 7) is 3.72. The van der Waals surface area contributed by atoms with Gasteiger partial charge in [-0.15, -0.1) is 0 Å². The second-order valence-electron chi connectivity index (χ2n) is 4.77. The van der Waals surface area contributed by atoms with Gasteiger partial charge in [0.1, 0.15) is 11.6 Å². The van der Waals surface area contributed by atoms with Crippen LogP contribution in [0.15, 0.2) is 36.4 Å². The van der Waals surface area contributed by atoms with Crippen molar-refractivity contribution in [3.63, 3.8) is 0 Å². The highest BCUT2D eigenvalue weighted by Crippen LogP contribution is 2.27. The van der Waals surface area contributed by atoms with Gasteiger partial charge in [-0.2, -0.15) is 0 Å². The van der Waals surface area contributed by atoms with E-state index >= 15 is 0 Å². The summed E-state index contributed by atoms with van der Waals surface area (Å²) in [7, 11) is 1.70. The molecule has 3 heteroatoms. The smallest absolute Gasteiger partial charge is 0.128 e. The molecule has 100 valence electrons. The van der Waals surface area contributed by atoms with Crippen molar-refractivity contribution in [1.29, 1.82) is 0 Å². The van der Waals surface area contributed by atoms with Crippen LogP contribution in [0.5, 0.6) is 0 Å². The highest BCUT2D eigenvalue weighted by atomic mass is 19.1. The van der Waals surface area contributed by atoms with E-state index in [-0.39, 0.29) is 11.6 Å². The highest BCUT2D eigenvalue weighted by Gasteiger charge is 2.19. The van der Waals surface area contributed by atoms with Crippen LogP contribution >= 0.6 is 0 Å². The summed E-state index contributed by atoms with van der Waals surface area (Å²) in [6.07, 6.45) is 0. The summed E-state index contributed by atoms with van der Waals surface area (Å²) in [4.78, 5) is 0. The minimum absolute atomic E-state index is 0.319. The molecular formula is C16H17F2N. The van der Waals surface area contributed by atoms with Gasteiger partial charge in [-0.3, -0.25) is 0 Å². The van der Waals surface area contributed by atoms with E-state index < -0.39 is 6.04 Å². The van der Waals surface area contributed by atoms with Gasteiger partial charge in [0.2, 0.25) is 0 Å². The number of rotatable bonds is 3. The average Bonchev–Trinajstić information content (AvgIpc) is 2.36. The zero-order valence-electron chi connectivity index (χ0n) is 11.3. The third kappa shape index (κ3) is 2.82. The topological polar surface area (TPSA) is 12.0 Å². The number of hydrogen-bond acceptors (Lipinski definition) is 1. The first-order valence-corrected chi connectivity index (χ1v) is 6.22. The lowest BCUT2D eigenvalue weighted by Gasteiger charge is -2.19. The van der Waals surface area contributed by atoms with E-state index in [4.69, 9.17) is 0 Å². The van der Waals surface area contributed by atoms with Crippen LogP contribution in [0.4, 0.5) is 8.78 Å². The average molecular weight is 261 g/mol. The standard InChI is InChI=1S/C16H17F2N/c1-10-5-7-14(17)13(8-10)16(19-3)12-6-4-11(2)9-15(12)18/h4-9,16,19H,1-3H3. The van der Waals surface area contributed by atoms with Crippen LogP contribution in [0.1, 0.15) is 28.3 Å². The summed E-state index contributed by atoms with van der Waals surface area (Å²) in [5.74, 6) is -0.648. The first-order valence-electron chi connectivity index (χ1n) is 6.22. The minimum atomic E-state index is -0.486. The Morgan fingerprint density at radius 3 is 2.11 bits per heavy atom. The SMILES string of the molecule is CNC(c1ccc(C)cc1F)c1cc(C)ccc1F. The second-order valence-corrected chi connectivity index (χ2v) is 4.77. The Morgan fingerprint density at radius 2 is 1.47 bits per heavy atom. The maximum absolute atomic E-state index is 14.0. The van der Waals surface area contributed by atoms with Gasteiger partial charge in [0.25, 0.3) is 0 Å². The van der Waals surface area contributed by atoms with Gasteiger partial charge in [0.15, 0.2) is 0 Å². The Hall–Kier alpha value is -1.74. The van der Waals surface area contributed by atoms with Crippen LogP contribution in [0.2, 0.25) is 0 Å². The zero-order valence-corrected chi connectivity index (χ0v) is 11.3. The molecule has 0 amide bonds. The zero-order chi connectivity index (χ0) is 14.0. The lowest BCUT2D eigenvalue weighted by atomic mass is 9.96. The lowest BCUT2D eigenvalue weighted by Crippen LogP contribution is -2.20. The molecule has 0 radical (unpaired) electrons. The Bertz CT molecular complexity index is 593. The van der Waals surface area contributed by atoms with Crippen LogP contribution in [-0.4, -0.2) is 7.05 Å². The maximum Gasteiger partial charge on any atom is 0.128 e. The Labute approximate surface area is 112 Å². The van der Waals surface area contributed by atoms with E-state index in [0.717, 1.165) is 11.1 Å². The van der Waals surface area contributed by atoms with Crippen LogP contribution in [0.3, 0.4) is 0 Å². The molecule has 0 aromatic heterocycles. The van der Waals surface area contributed by atoms with Crippen LogP contribution in [-0.2, 0) is 0 Å². The quantitative estimate of drug-likeness (QED) is 0.883. The van der Waals surface area contributed by atoms with Gasteiger partial charge < -0.3 is 5.32 Å². The number of hydrogen-bond donors (Lipinski definition) is 1. The van der Waals surface area contributed by atoms with Crippen LogP contribution in [0, 0.1) is 25.5 Å². The van der Waals surface area contributed by atoms with Crippen molar-refractivity contribution in [3.8, 4) is 0 Å². The molecule has 1 N–H and O–H groups in total. The fourth-order valence-electron chi connectivity index (χ4n) is 2.23. The summed E-state index contributed by atoms with van der Waals surface area (Å²) in [6, 6.07) is 9.38. The third-order valence-electron chi connectivity index (χ3n) is 3.22. The highest BCUT2D eigenvalue weighted by molar-refractivity contribution is 5.36. The molecule has 0 bridgehead atoms. The molecule has 1 nitrogen and oxygen atoms in total. The first-order chi connectivity index (χ1) is 9.02. The molecule has 2 aromatic rings. The molecule has 0 fully saturated rings. The summed E-state index contributed by atoms with van der Waals surface area (Å²) in [5.41, 5.74) is 2.72. The fraction of sp³-hybridized carbons (Fsp3) is 0.250. The normalized spacial score (nSPS) is 12.5. The number of aryl methyl sites for hydroxylation is 2. The molecular weight excluding hydrogens is 244 g/mol. The monoisotopic (exact) mass is 261 g/mol. The van der Waals surface area contributed by atoms with Gasteiger partial charge in [0, 0.05) is 11.1 Å². The van der Waals surface area contributed by atoms with Gasteiger partial charge in [-0.25, -0.2) is 8.78 Å². The molecule has 2 rings (SSSR count). The Morgan fingerprint density at radius 1 is 0.842 bits per heavy atom. The Kier molecular flexibility index (Phi) is 3.96.